The number of hydrogen-bond acceptors (Lipinski definition) is 2. The Hall–Kier alpha value is 0.01000. The van der Waals surface area contributed by atoms with E-state index in [4.69, 9.17) is 28.3 Å². The molecular formula is C5H9Cl2NO2. The van der Waals surface area contributed by atoms with Crippen molar-refractivity contribution in [2.75, 3.05) is 20.7 Å². The van der Waals surface area contributed by atoms with Crippen LogP contribution in [0.25, 0.3) is 0 Å². The first-order valence-corrected chi connectivity index (χ1v) is 3.38. The number of nitrogens with zero attached hydrogens (tertiary/aromatic N) is 1. The Balaban J connectivity index is 4.19. The summed E-state index contributed by atoms with van der Waals surface area (Å²) in [5.74, 6) is -0.515. The van der Waals surface area contributed by atoms with Crippen LogP contribution in [0.3, 0.4) is 0 Å². The molecule has 5 heteroatoms. The van der Waals surface area contributed by atoms with Crippen molar-refractivity contribution in [3.05, 3.63) is 0 Å². The number of rotatable bonds is 2. The molecule has 0 aliphatic heterocycles. The van der Waals surface area contributed by atoms with E-state index in [-0.39, 0.29) is 0 Å². The van der Waals surface area contributed by atoms with Gasteiger partial charge in [-0.15, -0.1) is 0 Å². The molecule has 0 unspecified atom stereocenters. The molecule has 10 heavy (non-hydrogen) atoms. The number of carbonyl (C=O) groups excluding carboxylic acids is 1. The van der Waals surface area contributed by atoms with Gasteiger partial charge in [0.05, 0.1) is 6.61 Å². The van der Waals surface area contributed by atoms with Crippen molar-refractivity contribution in [1.82, 2.24) is 4.90 Å². The molecule has 0 aliphatic rings. The van der Waals surface area contributed by atoms with Gasteiger partial charge in [-0.1, -0.05) is 23.2 Å². The molecule has 1 N–H and O–H groups in total. The lowest BCUT2D eigenvalue weighted by Crippen LogP contribution is -2.40. The molecule has 0 aromatic heterocycles. The van der Waals surface area contributed by atoms with Gasteiger partial charge in [0.2, 0.25) is 4.33 Å². The zero-order chi connectivity index (χ0) is 8.36. The zero-order valence-electron chi connectivity index (χ0n) is 5.77. The van der Waals surface area contributed by atoms with Gasteiger partial charge in [0, 0.05) is 14.1 Å². The number of halogens is 2. The Morgan fingerprint density at radius 3 is 2.10 bits per heavy atom. The summed E-state index contributed by atoms with van der Waals surface area (Å²) < 4.78 is -1.69. The third-order valence-electron chi connectivity index (χ3n) is 0.918. The minimum atomic E-state index is -1.69. The summed E-state index contributed by atoms with van der Waals surface area (Å²) in [4.78, 5) is 12.1. The topological polar surface area (TPSA) is 40.5 Å². The van der Waals surface area contributed by atoms with E-state index in [9.17, 15) is 4.79 Å². The summed E-state index contributed by atoms with van der Waals surface area (Å²) in [6.45, 7) is -0.576. The average molecular weight is 186 g/mol. The molecule has 0 rings (SSSR count). The molecule has 0 saturated heterocycles. The Bertz CT molecular complexity index is 136. The van der Waals surface area contributed by atoms with E-state index in [2.05, 4.69) is 0 Å². The van der Waals surface area contributed by atoms with Crippen LogP contribution in [-0.2, 0) is 4.79 Å². The fourth-order valence-corrected chi connectivity index (χ4v) is 0.733. The standard InChI is InChI=1S/C5H9Cl2NO2/c1-8(2)4(10)5(6,7)3-9/h9H,3H2,1-2H3. The van der Waals surface area contributed by atoms with E-state index in [1.807, 2.05) is 0 Å². The molecule has 3 nitrogen and oxygen atoms in total. The highest BCUT2D eigenvalue weighted by Gasteiger charge is 2.33. The Kier molecular flexibility index (Phi) is 3.42. The predicted octanol–water partition coefficient (Wildman–Crippen LogP) is 0.241. The van der Waals surface area contributed by atoms with Gasteiger partial charge in [-0.2, -0.15) is 0 Å². The van der Waals surface area contributed by atoms with Crippen LogP contribution < -0.4 is 0 Å². The summed E-state index contributed by atoms with van der Waals surface area (Å²) in [5.41, 5.74) is 0. The Labute approximate surface area is 69.5 Å². The second-order valence-corrected chi connectivity index (χ2v) is 3.55. The van der Waals surface area contributed by atoms with Crippen molar-refractivity contribution in [2.45, 2.75) is 4.33 Å². The van der Waals surface area contributed by atoms with E-state index in [0.717, 1.165) is 0 Å². The second kappa shape index (κ2) is 3.42. The number of alkyl halides is 2. The summed E-state index contributed by atoms with van der Waals surface area (Å²) >= 11 is 10.8. The second-order valence-electron chi connectivity index (χ2n) is 2.06. The number of carbonyl (C=O) groups is 1. The lowest BCUT2D eigenvalue weighted by molar-refractivity contribution is -0.130. The number of hydrogen-bond donors (Lipinski definition) is 1. The van der Waals surface area contributed by atoms with Crippen LogP contribution in [0.2, 0.25) is 0 Å². The van der Waals surface area contributed by atoms with E-state index in [0.29, 0.717) is 0 Å². The first-order chi connectivity index (χ1) is 4.41. The summed E-state index contributed by atoms with van der Waals surface area (Å²) in [6.07, 6.45) is 0. The van der Waals surface area contributed by atoms with E-state index in [1.165, 1.54) is 19.0 Å². The minimum Gasteiger partial charge on any atom is -0.393 e. The largest absolute Gasteiger partial charge is 0.393 e. The molecule has 0 saturated carbocycles. The van der Waals surface area contributed by atoms with E-state index < -0.39 is 16.8 Å². The normalized spacial score (nSPS) is 11.3. The van der Waals surface area contributed by atoms with Gasteiger partial charge in [0.15, 0.2) is 0 Å². The number of aliphatic hydroxyl groups excluding tert-OH is 1. The van der Waals surface area contributed by atoms with Gasteiger partial charge < -0.3 is 10.0 Å². The first-order valence-electron chi connectivity index (χ1n) is 2.62. The third-order valence-corrected chi connectivity index (χ3v) is 1.48. The third kappa shape index (κ3) is 2.33. The molecule has 0 heterocycles. The fraction of sp³-hybridized carbons (Fsp3) is 0.800. The maximum Gasteiger partial charge on any atom is 0.260 e. The predicted molar refractivity (Wildman–Crippen MR) is 40.2 cm³/mol. The molecule has 1 amide bonds. The molecule has 0 radical (unpaired) electrons. The monoisotopic (exact) mass is 185 g/mol. The quantitative estimate of drug-likeness (QED) is 0.627. The van der Waals surface area contributed by atoms with Crippen LogP contribution >= 0.6 is 23.2 Å². The van der Waals surface area contributed by atoms with Crippen LogP contribution in [0.5, 0.6) is 0 Å². The average Bonchev–Trinajstić information content (AvgIpc) is 1.86. The van der Waals surface area contributed by atoms with Gasteiger partial charge in [-0.25, -0.2) is 0 Å². The highest BCUT2D eigenvalue weighted by Crippen LogP contribution is 2.21. The Morgan fingerprint density at radius 1 is 1.60 bits per heavy atom. The van der Waals surface area contributed by atoms with Gasteiger partial charge in [-0.05, 0) is 0 Å². The van der Waals surface area contributed by atoms with Crippen molar-refractivity contribution in [1.29, 1.82) is 0 Å². The van der Waals surface area contributed by atoms with Crippen molar-refractivity contribution in [2.24, 2.45) is 0 Å². The van der Waals surface area contributed by atoms with Gasteiger partial charge >= 0.3 is 0 Å². The first kappa shape index (κ1) is 10.0. The number of aliphatic hydroxyl groups is 1. The summed E-state index contributed by atoms with van der Waals surface area (Å²) in [5, 5.41) is 8.50. The minimum absolute atomic E-state index is 0.515. The van der Waals surface area contributed by atoms with Gasteiger partial charge in [-0.3, -0.25) is 4.79 Å². The van der Waals surface area contributed by atoms with Crippen LogP contribution in [0, 0.1) is 0 Å². The smallest absolute Gasteiger partial charge is 0.260 e. The molecule has 0 aromatic rings. The van der Waals surface area contributed by atoms with Crippen molar-refractivity contribution in [3.8, 4) is 0 Å². The molecule has 0 spiro atoms. The zero-order valence-corrected chi connectivity index (χ0v) is 7.28. The summed E-state index contributed by atoms with van der Waals surface area (Å²) in [7, 11) is 3.02. The highest BCUT2D eigenvalue weighted by atomic mass is 35.5. The molecule has 0 aliphatic carbocycles. The maximum absolute atomic E-state index is 10.9. The molecule has 60 valence electrons. The van der Waals surface area contributed by atoms with E-state index >= 15 is 0 Å². The van der Waals surface area contributed by atoms with Crippen LogP contribution in [0.4, 0.5) is 0 Å². The van der Waals surface area contributed by atoms with Crippen LogP contribution in [0.1, 0.15) is 0 Å². The molecule has 0 fully saturated rings. The number of amides is 1. The summed E-state index contributed by atoms with van der Waals surface area (Å²) in [6, 6.07) is 0. The van der Waals surface area contributed by atoms with Crippen molar-refractivity contribution >= 4 is 29.1 Å². The van der Waals surface area contributed by atoms with Gasteiger partial charge in [0.25, 0.3) is 5.91 Å². The van der Waals surface area contributed by atoms with Crippen molar-refractivity contribution in [3.63, 3.8) is 0 Å². The molecule has 0 aromatic carbocycles. The molecule has 0 bridgehead atoms. The Morgan fingerprint density at radius 2 is 2.00 bits per heavy atom. The van der Waals surface area contributed by atoms with Crippen LogP contribution in [-0.4, -0.2) is 40.9 Å². The van der Waals surface area contributed by atoms with Crippen molar-refractivity contribution < 1.29 is 9.90 Å². The SMILES string of the molecule is CN(C)C(=O)C(Cl)(Cl)CO. The fourth-order valence-electron chi connectivity index (χ4n) is 0.395. The van der Waals surface area contributed by atoms with Gasteiger partial charge in [0.1, 0.15) is 0 Å². The maximum atomic E-state index is 10.9. The molecule has 0 atom stereocenters. The van der Waals surface area contributed by atoms with Crippen LogP contribution in [0.15, 0.2) is 0 Å². The highest BCUT2D eigenvalue weighted by molar-refractivity contribution is 6.58. The van der Waals surface area contributed by atoms with E-state index in [1.54, 1.807) is 0 Å². The lowest BCUT2D eigenvalue weighted by atomic mass is 10.4. The molecular weight excluding hydrogens is 177 g/mol. The lowest BCUT2D eigenvalue weighted by Gasteiger charge is -2.19.